The second kappa shape index (κ2) is 10.4. The van der Waals surface area contributed by atoms with Crippen molar-refractivity contribution in [3.63, 3.8) is 0 Å². The van der Waals surface area contributed by atoms with Gasteiger partial charge in [0.1, 0.15) is 12.4 Å². The number of rotatable bonds is 9. The third kappa shape index (κ3) is 5.86. The number of methoxy groups -OCH3 is 1. The van der Waals surface area contributed by atoms with Gasteiger partial charge in [-0.25, -0.2) is 5.43 Å². The van der Waals surface area contributed by atoms with Crippen molar-refractivity contribution < 1.29 is 19.0 Å². The van der Waals surface area contributed by atoms with Gasteiger partial charge in [0.15, 0.2) is 11.5 Å². The Hall–Kier alpha value is -2.80. The molecule has 0 heterocycles. The van der Waals surface area contributed by atoms with E-state index in [1.165, 1.54) is 0 Å². The van der Waals surface area contributed by atoms with E-state index < -0.39 is 0 Å². The van der Waals surface area contributed by atoms with Crippen LogP contribution < -0.4 is 19.6 Å². The largest absolute Gasteiger partial charge is 0.493 e. The Labute approximate surface area is 167 Å². The zero-order valence-electron chi connectivity index (χ0n) is 15.2. The Kier molecular flexibility index (Phi) is 7.88. The Morgan fingerprint density at radius 2 is 1.96 bits per heavy atom. The molecule has 142 valence electrons. The highest BCUT2D eigenvalue weighted by Crippen LogP contribution is 2.28. The first kappa shape index (κ1) is 20.5. The predicted octanol–water partition coefficient (Wildman–Crippen LogP) is 4.19. The number of amides is 1. The molecule has 2 aromatic carbocycles. The lowest BCUT2D eigenvalue weighted by atomic mass is 10.2. The molecule has 0 aliphatic heterocycles. The quantitative estimate of drug-likeness (QED) is 0.366. The van der Waals surface area contributed by atoms with Gasteiger partial charge in [-0.15, -0.1) is 0 Å². The highest BCUT2D eigenvalue weighted by atomic mass is 79.9. The van der Waals surface area contributed by atoms with Gasteiger partial charge in [0.2, 0.25) is 0 Å². The molecule has 0 aromatic heterocycles. The predicted molar refractivity (Wildman–Crippen MR) is 109 cm³/mol. The molecular formula is C20H21BrN2O4. The summed E-state index contributed by atoms with van der Waals surface area (Å²) in [4.78, 5) is 12.3. The van der Waals surface area contributed by atoms with Crippen molar-refractivity contribution in [3.8, 4) is 17.2 Å². The number of ether oxygens (including phenoxy) is 3. The van der Waals surface area contributed by atoms with Gasteiger partial charge in [-0.05, 0) is 64.8 Å². The van der Waals surface area contributed by atoms with Crippen LogP contribution in [0.4, 0.5) is 0 Å². The summed E-state index contributed by atoms with van der Waals surface area (Å²) < 4.78 is 17.0. The second-order valence-electron chi connectivity index (χ2n) is 5.29. The van der Waals surface area contributed by atoms with Gasteiger partial charge >= 0.3 is 0 Å². The van der Waals surface area contributed by atoms with Crippen molar-refractivity contribution in [2.24, 2.45) is 5.10 Å². The van der Waals surface area contributed by atoms with Crippen LogP contribution >= 0.6 is 15.9 Å². The number of halogens is 1. The zero-order valence-corrected chi connectivity index (χ0v) is 16.8. The molecule has 0 radical (unpaired) electrons. The molecule has 27 heavy (non-hydrogen) atoms. The van der Waals surface area contributed by atoms with Crippen molar-refractivity contribution >= 4 is 28.1 Å². The number of hydrazone groups is 1. The molecular weight excluding hydrogens is 412 g/mol. The number of nitrogens with one attached hydrogen (secondary N) is 1. The average molecular weight is 433 g/mol. The fourth-order valence-corrected chi connectivity index (χ4v) is 2.69. The van der Waals surface area contributed by atoms with E-state index in [9.17, 15) is 4.79 Å². The minimum absolute atomic E-state index is 0.347. The fraction of sp³-hybridized carbons (Fsp3) is 0.200. The summed E-state index contributed by atoms with van der Waals surface area (Å²) in [6.07, 6.45) is 3.22. The number of hydrogen-bond acceptors (Lipinski definition) is 5. The van der Waals surface area contributed by atoms with E-state index in [4.69, 9.17) is 14.2 Å². The maximum atomic E-state index is 12.3. The van der Waals surface area contributed by atoms with Crippen LogP contribution in [0.1, 0.15) is 22.8 Å². The summed E-state index contributed by atoms with van der Waals surface area (Å²) in [6.45, 7) is 6.37. The normalized spacial score (nSPS) is 10.5. The van der Waals surface area contributed by atoms with Crippen molar-refractivity contribution in [1.29, 1.82) is 0 Å². The molecule has 0 bridgehead atoms. The van der Waals surface area contributed by atoms with E-state index in [-0.39, 0.29) is 5.91 Å². The van der Waals surface area contributed by atoms with E-state index in [0.29, 0.717) is 36.0 Å². The molecule has 0 spiro atoms. The van der Waals surface area contributed by atoms with E-state index >= 15 is 0 Å². The minimum atomic E-state index is -0.347. The molecule has 0 aliphatic carbocycles. The maximum Gasteiger partial charge on any atom is 0.271 e. The van der Waals surface area contributed by atoms with Crippen LogP contribution in [0.15, 0.2) is 58.6 Å². The molecule has 6 nitrogen and oxygen atoms in total. The van der Waals surface area contributed by atoms with Crippen LogP contribution in [0.2, 0.25) is 0 Å². The van der Waals surface area contributed by atoms with Crippen molar-refractivity contribution in [3.05, 3.63) is 64.7 Å². The van der Waals surface area contributed by atoms with Crippen molar-refractivity contribution in [2.75, 3.05) is 20.3 Å². The summed E-state index contributed by atoms with van der Waals surface area (Å²) >= 11 is 3.44. The molecule has 2 aromatic rings. The van der Waals surface area contributed by atoms with Gasteiger partial charge in [0.25, 0.3) is 5.91 Å². The van der Waals surface area contributed by atoms with E-state index in [2.05, 4.69) is 33.0 Å². The Morgan fingerprint density at radius 3 is 2.63 bits per heavy atom. The monoisotopic (exact) mass is 432 g/mol. The summed E-state index contributed by atoms with van der Waals surface area (Å²) in [5.41, 5.74) is 3.72. The third-order valence-corrected chi connectivity index (χ3v) is 4.04. The first-order chi connectivity index (χ1) is 13.1. The lowest BCUT2D eigenvalue weighted by molar-refractivity contribution is 0.0954. The summed E-state index contributed by atoms with van der Waals surface area (Å²) in [5, 5.41) is 3.99. The first-order valence-electron chi connectivity index (χ1n) is 8.26. The maximum absolute atomic E-state index is 12.3. The van der Waals surface area contributed by atoms with Gasteiger partial charge in [-0.3, -0.25) is 4.79 Å². The van der Waals surface area contributed by atoms with Crippen LogP contribution in [0.3, 0.4) is 0 Å². The number of nitrogens with zero attached hydrogens (tertiary/aromatic N) is 1. The van der Waals surface area contributed by atoms with E-state index in [0.717, 1.165) is 10.0 Å². The standard InChI is InChI=1S/C20H21BrN2O4/c1-4-10-27-17-8-6-14(11-16(17)21)13-22-23-20(24)15-7-9-18(25-3)19(12-15)26-5-2/h4,6-9,11-13H,1,5,10H2,2-3H3,(H,23,24)/b22-13+. The van der Waals surface area contributed by atoms with Crippen LogP contribution in [0.25, 0.3) is 0 Å². The van der Waals surface area contributed by atoms with Crippen LogP contribution in [0.5, 0.6) is 17.2 Å². The number of hydrogen-bond donors (Lipinski definition) is 1. The minimum Gasteiger partial charge on any atom is -0.493 e. The molecule has 1 amide bonds. The Morgan fingerprint density at radius 1 is 1.19 bits per heavy atom. The highest BCUT2D eigenvalue weighted by Gasteiger charge is 2.10. The van der Waals surface area contributed by atoms with E-state index in [1.54, 1.807) is 37.6 Å². The third-order valence-electron chi connectivity index (χ3n) is 3.42. The van der Waals surface area contributed by atoms with Crippen molar-refractivity contribution in [1.82, 2.24) is 5.43 Å². The number of benzene rings is 2. The van der Waals surface area contributed by atoms with Gasteiger partial charge in [0, 0.05) is 5.56 Å². The average Bonchev–Trinajstić information content (AvgIpc) is 2.67. The molecule has 1 N–H and O–H groups in total. The molecule has 0 saturated heterocycles. The molecule has 7 heteroatoms. The number of carbonyl (C=O) groups is 1. The smallest absolute Gasteiger partial charge is 0.271 e. The van der Waals surface area contributed by atoms with Crippen LogP contribution in [0, 0.1) is 0 Å². The topological polar surface area (TPSA) is 69.2 Å². The van der Waals surface area contributed by atoms with Crippen LogP contribution in [-0.2, 0) is 0 Å². The lowest BCUT2D eigenvalue weighted by Gasteiger charge is -2.10. The van der Waals surface area contributed by atoms with Gasteiger partial charge in [-0.2, -0.15) is 5.10 Å². The molecule has 0 saturated carbocycles. The van der Waals surface area contributed by atoms with E-state index in [1.807, 2.05) is 25.1 Å². The summed E-state index contributed by atoms with van der Waals surface area (Å²) in [6, 6.07) is 10.4. The van der Waals surface area contributed by atoms with Gasteiger partial charge < -0.3 is 14.2 Å². The summed E-state index contributed by atoms with van der Waals surface area (Å²) in [7, 11) is 1.55. The molecule has 0 fully saturated rings. The zero-order chi connectivity index (χ0) is 19.6. The Bertz CT molecular complexity index is 837. The lowest BCUT2D eigenvalue weighted by Crippen LogP contribution is -2.17. The van der Waals surface area contributed by atoms with Crippen molar-refractivity contribution in [2.45, 2.75) is 6.92 Å². The van der Waals surface area contributed by atoms with Crippen LogP contribution in [-0.4, -0.2) is 32.4 Å². The molecule has 0 atom stereocenters. The molecule has 2 rings (SSSR count). The Balaban J connectivity index is 2.03. The SMILES string of the molecule is C=CCOc1ccc(/C=N/NC(=O)c2ccc(OC)c(OCC)c2)cc1Br. The molecule has 0 unspecified atom stereocenters. The van der Waals surface area contributed by atoms with Gasteiger partial charge in [0.05, 0.1) is 24.4 Å². The number of carbonyl (C=O) groups excluding carboxylic acids is 1. The summed E-state index contributed by atoms with van der Waals surface area (Å²) in [5.74, 6) is 1.44. The molecule has 0 aliphatic rings. The highest BCUT2D eigenvalue weighted by molar-refractivity contribution is 9.10. The van der Waals surface area contributed by atoms with Gasteiger partial charge in [-0.1, -0.05) is 12.7 Å². The second-order valence-corrected chi connectivity index (χ2v) is 6.14. The fourth-order valence-electron chi connectivity index (χ4n) is 2.18. The first-order valence-corrected chi connectivity index (χ1v) is 9.05.